The van der Waals surface area contributed by atoms with Gasteiger partial charge in [-0.1, -0.05) is 38.1 Å². The highest BCUT2D eigenvalue weighted by Gasteiger charge is 2.41. The van der Waals surface area contributed by atoms with Crippen LogP contribution in [0.15, 0.2) is 30.3 Å². The van der Waals surface area contributed by atoms with Crippen molar-refractivity contribution >= 4 is 28.6 Å². The lowest BCUT2D eigenvalue weighted by Crippen LogP contribution is -2.40. The first-order valence-electron chi connectivity index (χ1n) is 8.22. The Morgan fingerprint density at radius 3 is 2.12 bits per heavy atom. The van der Waals surface area contributed by atoms with E-state index in [9.17, 15) is 9.59 Å². The molecule has 0 saturated carbocycles. The van der Waals surface area contributed by atoms with Crippen molar-refractivity contribution in [3.63, 3.8) is 0 Å². The van der Waals surface area contributed by atoms with Gasteiger partial charge in [-0.25, -0.2) is 0 Å². The Balaban J connectivity index is 1.98. The Morgan fingerprint density at radius 1 is 0.958 bits per heavy atom. The van der Waals surface area contributed by atoms with Gasteiger partial charge in [-0.3, -0.25) is 9.59 Å². The summed E-state index contributed by atoms with van der Waals surface area (Å²) in [5.41, 5.74) is 9.23. The van der Waals surface area contributed by atoms with Crippen molar-refractivity contribution in [3.05, 3.63) is 52.6 Å². The van der Waals surface area contributed by atoms with Gasteiger partial charge in [-0.15, -0.1) is 0 Å². The van der Waals surface area contributed by atoms with Crippen LogP contribution in [0.4, 0.5) is 17.1 Å². The number of rotatable bonds is 2. The molecule has 1 aliphatic carbocycles. The monoisotopic (exact) mass is 321 g/mol. The minimum absolute atomic E-state index is 0.152. The maximum atomic E-state index is 13.1. The SMILES string of the molecule is CCC1(CC)Nc2cc(N)c3c(c2N1)C(=O)c1ccccc1C3=O. The predicted molar refractivity (Wildman–Crippen MR) is 94.7 cm³/mol. The molecule has 0 unspecified atom stereocenters. The first kappa shape index (κ1) is 14.8. The maximum Gasteiger partial charge on any atom is 0.196 e. The molecule has 4 rings (SSSR count). The lowest BCUT2D eigenvalue weighted by molar-refractivity contribution is 0.0980. The second-order valence-corrected chi connectivity index (χ2v) is 6.38. The van der Waals surface area contributed by atoms with Crippen LogP contribution in [-0.4, -0.2) is 17.2 Å². The van der Waals surface area contributed by atoms with Crippen LogP contribution < -0.4 is 16.4 Å². The summed E-state index contributed by atoms with van der Waals surface area (Å²) in [5, 5.41) is 6.89. The minimum atomic E-state index is -0.315. The van der Waals surface area contributed by atoms with Crippen LogP contribution in [0.3, 0.4) is 0 Å². The molecule has 122 valence electrons. The number of carbonyl (C=O) groups excluding carboxylic acids is 2. The second kappa shape index (κ2) is 4.84. The number of fused-ring (bicyclic) bond motifs is 4. The van der Waals surface area contributed by atoms with Gasteiger partial charge in [0.1, 0.15) is 5.66 Å². The Hall–Kier alpha value is -2.82. The summed E-state index contributed by atoms with van der Waals surface area (Å²) < 4.78 is 0. The van der Waals surface area contributed by atoms with E-state index in [0.29, 0.717) is 33.6 Å². The topological polar surface area (TPSA) is 84.2 Å². The molecule has 2 aliphatic rings. The third-order valence-electron chi connectivity index (χ3n) is 5.17. The van der Waals surface area contributed by atoms with Crippen molar-refractivity contribution < 1.29 is 9.59 Å². The van der Waals surface area contributed by atoms with Gasteiger partial charge >= 0.3 is 0 Å². The molecule has 4 N–H and O–H groups in total. The molecule has 5 nitrogen and oxygen atoms in total. The van der Waals surface area contributed by atoms with Crippen molar-refractivity contribution in [2.24, 2.45) is 0 Å². The van der Waals surface area contributed by atoms with Gasteiger partial charge in [0.25, 0.3) is 0 Å². The predicted octanol–water partition coefficient (Wildman–Crippen LogP) is 3.40. The van der Waals surface area contributed by atoms with Crippen molar-refractivity contribution in [1.82, 2.24) is 0 Å². The van der Waals surface area contributed by atoms with E-state index >= 15 is 0 Å². The number of nitrogen functional groups attached to an aromatic ring is 1. The number of hydrogen-bond donors (Lipinski definition) is 3. The van der Waals surface area contributed by atoms with Crippen LogP contribution in [-0.2, 0) is 0 Å². The molecule has 24 heavy (non-hydrogen) atoms. The fraction of sp³-hybridized carbons (Fsp3) is 0.263. The number of anilines is 3. The smallest absolute Gasteiger partial charge is 0.196 e. The lowest BCUT2D eigenvalue weighted by Gasteiger charge is -2.28. The third kappa shape index (κ3) is 1.75. The normalized spacial score (nSPS) is 16.8. The zero-order valence-electron chi connectivity index (χ0n) is 13.7. The third-order valence-corrected chi connectivity index (χ3v) is 5.17. The number of carbonyl (C=O) groups is 2. The maximum absolute atomic E-state index is 13.1. The summed E-state index contributed by atoms with van der Waals surface area (Å²) in [5.74, 6) is -0.339. The quantitative estimate of drug-likeness (QED) is 0.630. The molecular formula is C19H19N3O2. The van der Waals surface area contributed by atoms with Gasteiger partial charge in [0.15, 0.2) is 11.6 Å². The van der Waals surface area contributed by atoms with E-state index in [1.165, 1.54) is 0 Å². The van der Waals surface area contributed by atoms with Crippen molar-refractivity contribution in [1.29, 1.82) is 0 Å². The van der Waals surface area contributed by atoms with Crippen molar-refractivity contribution in [2.45, 2.75) is 32.4 Å². The molecule has 0 aromatic heterocycles. The first-order chi connectivity index (χ1) is 11.5. The Labute approximate surface area is 140 Å². The molecule has 2 aromatic rings. The molecule has 0 fully saturated rings. The highest BCUT2D eigenvalue weighted by molar-refractivity contribution is 6.32. The molecule has 0 amide bonds. The highest BCUT2D eigenvalue weighted by atomic mass is 16.1. The average molecular weight is 321 g/mol. The summed E-state index contributed by atoms with van der Waals surface area (Å²) in [7, 11) is 0. The highest BCUT2D eigenvalue weighted by Crippen LogP contribution is 2.46. The molecule has 0 atom stereocenters. The summed E-state index contributed by atoms with van der Waals surface area (Å²) >= 11 is 0. The fourth-order valence-corrected chi connectivity index (χ4v) is 3.68. The van der Waals surface area contributed by atoms with E-state index in [1.807, 2.05) is 0 Å². The van der Waals surface area contributed by atoms with Crippen molar-refractivity contribution in [3.8, 4) is 0 Å². The molecule has 0 bridgehead atoms. The number of nitrogens with one attached hydrogen (secondary N) is 2. The summed E-state index contributed by atoms with van der Waals surface area (Å²) in [6, 6.07) is 8.67. The second-order valence-electron chi connectivity index (χ2n) is 6.38. The molecule has 0 saturated heterocycles. The van der Waals surface area contributed by atoms with Crippen molar-refractivity contribution in [2.75, 3.05) is 16.4 Å². The van der Waals surface area contributed by atoms with Crippen LogP contribution in [0.25, 0.3) is 0 Å². The molecule has 0 spiro atoms. The van der Waals surface area contributed by atoms with Gasteiger partial charge in [-0.05, 0) is 18.9 Å². The fourth-order valence-electron chi connectivity index (χ4n) is 3.68. The van der Waals surface area contributed by atoms with E-state index in [1.54, 1.807) is 30.3 Å². The molecule has 2 aromatic carbocycles. The number of hydrogen-bond acceptors (Lipinski definition) is 5. The largest absolute Gasteiger partial charge is 0.398 e. The molecule has 0 radical (unpaired) electrons. The molecular weight excluding hydrogens is 302 g/mol. The van der Waals surface area contributed by atoms with E-state index in [4.69, 9.17) is 5.73 Å². The van der Waals surface area contributed by atoms with Crippen LogP contribution in [0, 0.1) is 0 Å². The van der Waals surface area contributed by atoms with Gasteiger partial charge in [0.2, 0.25) is 0 Å². The average Bonchev–Trinajstić information content (AvgIpc) is 2.97. The van der Waals surface area contributed by atoms with E-state index < -0.39 is 0 Å². The molecule has 5 heteroatoms. The Kier molecular flexibility index (Phi) is 2.97. The summed E-state index contributed by atoms with van der Waals surface area (Å²) in [6.45, 7) is 4.15. The minimum Gasteiger partial charge on any atom is -0.398 e. The van der Waals surface area contributed by atoms with Gasteiger partial charge in [0.05, 0.1) is 22.5 Å². The molecule has 1 aliphatic heterocycles. The van der Waals surface area contributed by atoms with Gasteiger partial charge in [-0.2, -0.15) is 0 Å². The van der Waals surface area contributed by atoms with Crippen LogP contribution in [0.2, 0.25) is 0 Å². The van der Waals surface area contributed by atoms with Crippen LogP contribution in [0.1, 0.15) is 58.5 Å². The zero-order chi connectivity index (χ0) is 17.1. The van der Waals surface area contributed by atoms with Gasteiger partial charge < -0.3 is 16.4 Å². The van der Waals surface area contributed by atoms with E-state index in [0.717, 1.165) is 18.5 Å². The Bertz CT molecular complexity index is 898. The Morgan fingerprint density at radius 2 is 1.54 bits per heavy atom. The van der Waals surface area contributed by atoms with E-state index in [-0.39, 0.29) is 17.2 Å². The van der Waals surface area contributed by atoms with Gasteiger partial charge in [0, 0.05) is 16.8 Å². The summed E-state index contributed by atoms with van der Waals surface area (Å²) in [6.07, 6.45) is 1.68. The van der Waals surface area contributed by atoms with Crippen LogP contribution >= 0.6 is 0 Å². The standard InChI is InChI=1S/C19H19N3O2/c1-3-19(4-2)21-13-9-12(20)14-15(16(13)22-19)18(24)11-8-6-5-7-10(11)17(14)23/h5-9,21-22H,3-4,20H2,1-2H3. The summed E-state index contributed by atoms with van der Waals surface area (Å²) in [4.78, 5) is 26.0. The zero-order valence-corrected chi connectivity index (χ0v) is 13.7. The first-order valence-corrected chi connectivity index (χ1v) is 8.22. The van der Waals surface area contributed by atoms with E-state index in [2.05, 4.69) is 24.5 Å². The number of ketones is 2. The lowest BCUT2D eigenvalue weighted by atomic mass is 9.82. The number of nitrogens with two attached hydrogens (primary N) is 1. The molecule has 1 heterocycles. The van der Waals surface area contributed by atoms with Crippen LogP contribution in [0.5, 0.6) is 0 Å². The number of benzene rings is 2.